The molecule has 6 heteroatoms. The van der Waals surface area contributed by atoms with Crippen LogP contribution in [0.1, 0.15) is 20.3 Å². The Bertz CT molecular complexity index is 936. The van der Waals surface area contributed by atoms with Crippen LogP contribution < -0.4 is 5.32 Å². The van der Waals surface area contributed by atoms with Crippen LogP contribution in [0.2, 0.25) is 0 Å². The maximum absolute atomic E-state index is 12.6. The van der Waals surface area contributed by atoms with Crippen molar-refractivity contribution in [3.63, 3.8) is 0 Å². The zero-order chi connectivity index (χ0) is 19.9. The van der Waals surface area contributed by atoms with Gasteiger partial charge in [-0.1, -0.05) is 55.5 Å². The Kier molecular flexibility index (Phi) is 6.22. The van der Waals surface area contributed by atoms with E-state index in [4.69, 9.17) is 0 Å². The van der Waals surface area contributed by atoms with Gasteiger partial charge in [0.1, 0.15) is 5.82 Å². The third kappa shape index (κ3) is 4.46. The molecule has 0 saturated heterocycles. The molecule has 2 aromatic carbocycles. The average Bonchev–Trinajstić information content (AvgIpc) is 3.16. The van der Waals surface area contributed by atoms with Crippen LogP contribution in [0.3, 0.4) is 0 Å². The molecule has 0 spiro atoms. The van der Waals surface area contributed by atoms with Crippen molar-refractivity contribution in [1.29, 1.82) is 0 Å². The van der Waals surface area contributed by atoms with E-state index in [0.29, 0.717) is 18.8 Å². The van der Waals surface area contributed by atoms with E-state index >= 15 is 0 Å². The van der Waals surface area contributed by atoms with Crippen LogP contribution >= 0.6 is 0 Å². The third-order valence-corrected chi connectivity index (χ3v) is 4.42. The van der Waals surface area contributed by atoms with E-state index in [1.165, 1.54) is 4.90 Å². The van der Waals surface area contributed by atoms with E-state index in [1.807, 2.05) is 73.7 Å². The lowest BCUT2D eigenvalue weighted by molar-refractivity contribution is -0.134. The van der Waals surface area contributed by atoms with Crippen molar-refractivity contribution in [3.05, 3.63) is 66.7 Å². The molecule has 144 valence electrons. The molecule has 0 aliphatic heterocycles. The third-order valence-electron chi connectivity index (χ3n) is 4.42. The summed E-state index contributed by atoms with van der Waals surface area (Å²) >= 11 is 0. The van der Waals surface area contributed by atoms with Crippen molar-refractivity contribution >= 4 is 17.6 Å². The predicted molar refractivity (Wildman–Crippen MR) is 110 cm³/mol. The summed E-state index contributed by atoms with van der Waals surface area (Å²) in [6.45, 7) is 4.17. The first-order valence-electron chi connectivity index (χ1n) is 9.41. The molecule has 3 aromatic rings. The molecule has 1 aromatic heterocycles. The first kappa shape index (κ1) is 19.4. The van der Waals surface area contributed by atoms with Crippen molar-refractivity contribution in [2.75, 3.05) is 18.4 Å². The van der Waals surface area contributed by atoms with Crippen molar-refractivity contribution < 1.29 is 9.59 Å². The van der Waals surface area contributed by atoms with E-state index < -0.39 is 0 Å². The van der Waals surface area contributed by atoms with Gasteiger partial charge in [-0.3, -0.25) is 9.59 Å². The summed E-state index contributed by atoms with van der Waals surface area (Å²) in [6, 6.07) is 21.3. The number of para-hydroxylation sites is 1. The number of amides is 2. The van der Waals surface area contributed by atoms with Crippen LogP contribution in [0.4, 0.5) is 5.82 Å². The summed E-state index contributed by atoms with van der Waals surface area (Å²) < 4.78 is 1.71. The molecular formula is C22H24N4O2. The maximum atomic E-state index is 12.6. The molecular weight excluding hydrogens is 352 g/mol. The fourth-order valence-electron chi connectivity index (χ4n) is 2.94. The minimum atomic E-state index is -0.250. The maximum Gasteiger partial charge on any atom is 0.245 e. The lowest BCUT2D eigenvalue weighted by atomic mass is 10.1. The Balaban J connectivity index is 1.89. The SMILES string of the molecule is CCC(=O)N(CC)CC(=O)Nc1cc(-c2ccccc2)nn1-c1ccccc1. The molecule has 0 unspecified atom stereocenters. The monoisotopic (exact) mass is 376 g/mol. The van der Waals surface area contributed by atoms with Crippen molar-refractivity contribution in [2.24, 2.45) is 0 Å². The number of nitrogens with zero attached hydrogens (tertiary/aromatic N) is 3. The average molecular weight is 376 g/mol. The molecule has 1 N–H and O–H groups in total. The number of benzene rings is 2. The minimum absolute atomic E-state index is 0.0177. The summed E-state index contributed by atoms with van der Waals surface area (Å²) in [6.07, 6.45) is 0.376. The quantitative estimate of drug-likeness (QED) is 0.683. The highest BCUT2D eigenvalue weighted by atomic mass is 16.2. The molecule has 0 bridgehead atoms. The van der Waals surface area contributed by atoms with Crippen molar-refractivity contribution in [2.45, 2.75) is 20.3 Å². The Morgan fingerprint density at radius 3 is 2.25 bits per heavy atom. The molecule has 0 radical (unpaired) electrons. The molecule has 0 atom stereocenters. The normalized spacial score (nSPS) is 10.5. The van der Waals surface area contributed by atoms with Gasteiger partial charge in [-0.05, 0) is 19.1 Å². The molecule has 3 rings (SSSR count). The summed E-state index contributed by atoms with van der Waals surface area (Å²) in [5.74, 6) is 0.273. The Hall–Kier alpha value is -3.41. The van der Waals surface area contributed by atoms with E-state index in [0.717, 1.165) is 16.9 Å². The highest BCUT2D eigenvalue weighted by molar-refractivity contribution is 5.94. The van der Waals surface area contributed by atoms with Crippen LogP contribution in [0.15, 0.2) is 66.7 Å². The number of nitrogens with one attached hydrogen (secondary N) is 1. The zero-order valence-electron chi connectivity index (χ0n) is 16.1. The van der Waals surface area contributed by atoms with Crippen molar-refractivity contribution in [3.8, 4) is 16.9 Å². The fourth-order valence-corrected chi connectivity index (χ4v) is 2.94. The van der Waals surface area contributed by atoms with Crippen LogP contribution in [0.25, 0.3) is 16.9 Å². The highest BCUT2D eigenvalue weighted by Crippen LogP contribution is 2.24. The number of rotatable bonds is 7. The van der Waals surface area contributed by atoms with Gasteiger partial charge < -0.3 is 10.2 Å². The Labute approximate surface area is 164 Å². The lowest BCUT2D eigenvalue weighted by Crippen LogP contribution is -2.37. The number of hydrogen-bond acceptors (Lipinski definition) is 3. The largest absolute Gasteiger partial charge is 0.334 e. The Morgan fingerprint density at radius 1 is 1.00 bits per heavy atom. The second kappa shape index (κ2) is 8.99. The highest BCUT2D eigenvalue weighted by Gasteiger charge is 2.17. The number of anilines is 1. The molecule has 6 nitrogen and oxygen atoms in total. The smallest absolute Gasteiger partial charge is 0.245 e. The number of aromatic nitrogens is 2. The first-order valence-corrected chi connectivity index (χ1v) is 9.41. The lowest BCUT2D eigenvalue weighted by Gasteiger charge is -2.19. The van der Waals surface area contributed by atoms with Gasteiger partial charge in [0.25, 0.3) is 0 Å². The van der Waals surface area contributed by atoms with Crippen molar-refractivity contribution in [1.82, 2.24) is 14.7 Å². The van der Waals surface area contributed by atoms with Crippen LogP contribution in [0.5, 0.6) is 0 Å². The summed E-state index contributed by atoms with van der Waals surface area (Å²) in [5, 5.41) is 7.59. The number of carbonyl (C=O) groups excluding carboxylic acids is 2. The summed E-state index contributed by atoms with van der Waals surface area (Å²) in [7, 11) is 0. The van der Waals surface area contributed by atoms with Gasteiger partial charge in [0, 0.05) is 24.6 Å². The van der Waals surface area contributed by atoms with Crippen LogP contribution in [0, 0.1) is 0 Å². The second-order valence-corrected chi connectivity index (χ2v) is 6.34. The zero-order valence-corrected chi connectivity index (χ0v) is 16.1. The minimum Gasteiger partial charge on any atom is -0.334 e. The molecule has 2 amide bonds. The van der Waals surface area contributed by atoms with Gasteiger partial charge in [0.15, 0.2) is 0 Å². The van der Waals surface area contributed by atoms with Gasteiger partial charge in [0.2, 0.25) is 11.8 Å². The molecule has 0 aliphatic carbocycles. The number of likely N-dealkylation sites (N-methyl/N-ethyl adjacent to an activating group) is 1. The van der Waals surface area contributed by atoms with E-state index in [9.17, 15) is 9.59 Å². The van der Waals surface area contributed by atoms with Gasteiger partial charge in [-0.2, -0.15) is 5.10 Å². The first-order chi connectivity index (χ1) is 13.6. The van der Waals surface area contributed by atoms with E-state index in [2.05, 4.69) is 10.4 Å². The van der Waals surface area contributed by atoms with E-state index in [1.54, 1.807) is 11.6 Å². The molecule has 0 saturated carbocycles. The molecule has 1 heterocycles. The van der Waals surface area contributed by atoms with Gasteiger partial charge in [0.05, 0.1) is 17.9 Å². The Morgan fingerprint density at radius 2 is 1.64 bits per heavy atom. The van der Waals surface area contributed by atoms with Crippen LogP contribution in [-0.2, 0) is 9.59 Å². The summed E-state index contributed by atoms with van der Waals surface area (Å²) in [4.78, 5) is 26.1. The number of carbonyl (C=O) groups is 2. The summed E-state index contributed by atoms with van der Waals surface area (Å²) in [5.41, 5.74) is 2.57. The molecule has 0 aliphatic rings. The number of hydrogen-bond donors (Lipinski definition) is 1. The predicted octanol–water partition coefficient (Wildman–Crippen LogP) is 3.74. The van der Waals surface area contributed by atoms with Gasteiger partial charge >= 0.3 is 0 Å². The second-order valence-electron chi connectivity index (χ2n) is 6.34. The molecule has 28 heavy (non-hydrogen) atoms. The fraction of sp³-hybridized carbons (Fsp3) is 0.227. The van der Waals surface area contributed by atoms with Gasteiger partial charge in [-0.15, -0.1) is 0 Å². The standard InChI is InChI=1S/C22H24N4O2/c1-3-22(28)25(4-2)16-21(27)23-20-15-19(17-11-7-5-8-12-17)24-26(20)18-13-9-6-10-14-18/h5-15H,3-4,16H2,1-2H3,(H,23,27). The molecule has 0 fully saturated rings. The van der Waals surface area contributed by atoms with E-state index in [-0.39, 0.29) is 18.4 Å². The van der Waals surface area contributed by atoms with Crippen LogP contribution in [-0.4, -0.2) is 39.6 Å². The van der Waals surface area contributed by atoms with Gasteiger partial charge in [-0.25, -0.2) is 4.68 Å². The topological polar surface area (TPSA) is 67.2 Å².